The Bertz CT molecular complexity index is 708. The minimum atomic E-state index is 0.201. The van der Waals surface area contributed by atoms with Crippen LogP contribution in [0.1, 0.15) is 36.7 Å². The van der Waals surface area contributed by atoms with E-state index in [9.17, 15) is 4.79 Å². The molecule has 2 aliphatic heterocycles. The maximum absolute atomic E-state index is 11.8. The van der Waals surface area contributed by atoms with Gasteiger partial charge in [0.25, 0.3) is 0 Å². The molecule has 0 radical (unpaired) electrons. The van der Waals surface area contributed by atoms with E-state index in [1.807, 2.05) is 22.7 Å². The van der Waals surface area contributed by atoms with Crippen molar-refractivity contribution in [1.82, 2.24) is 25.0 Å². The number of likely N-dealkylation sites (tertiary alicyclic amines) is 1. The van der Waals surface area contributed by atoms with E-state index >= 15 is 0 Å². The molecule has 8 nitrogen and oxygen atoms in total. The Balaban J connectivity index is 1.41. The monoisotopic (exact) mass is 316 g/mol. The summed E-state index contributed by atoms with van der Waals surface area (Å²) in [5.74, 6) is 0.201. The van der Waals surface area contributed by atoms with E-state index in [-0.39, 0.29) is 5.91 Å². The van der Waals surface area contributed by atoms with Gasteiger partial charge < -0.3 is 4.90 Å². The van der Waals surface area contributed by atoms with Crippen LogP contribution >= 0.6 is 0 Å². The van der Waals surface area contributed by atoms with E-state index < -0.39 is 0 Å². The topological polar surface area (TPSA) is 80.3 Å². The summed E-state index contributed by atoms with van der Waals surface area (Å²) < 4.78 is 6.75. The molecule has 4 rings (SSSR count). The van der Waals surface area contributed by atoms with Crippen molar-refractivity contribution in [2.24, 2.45) is 0 Å². The van der Waals surface area contributed by atoms with Gasteiger partial charge >= 0.3 is 0 Å². The van der Waals surface area contributed by atoms with Crippen LogP contribution in [0.5, 0.6) is 0 Å². The van der Waals surface area contributed by atoms with Gasteiger partial charge in [0, 0.05) is 38.8 Å². The minimum absolute atomic E-state index is 0.201. The van der Waals surface area contributed by atoms with Crippen molar-refractivity contribution in [2.45, 2.75) is 38.8 Å². The number of hydrogen-bond acceptors (Lipinski definition) is 6. The van der Waals surface area contributed by atoms with Crippen LogP contribution in [0.3, 0.4) is 0 Å². The van der Waals surface area contributed by atoms with Crippen LogP contribution in [0.2, 0.25) is 0 Å². The zero-order chi connectivity index (χ0) is 15.8. The van der Waals surface area contributed by atoms with Gasteiger partial charge in [-0.1, -0.05) is 10.3 Å². The van der Waals surface area contributed by atoms with Gasteiger partial charge in [0.15, 0.2) is 0 Å². The average molecular weight is 316 g/mol. The third-order valence-electron chi connectivity index (χ3n) is 4.71. The molecule has 0 N–H and O–H groups in total. The zero-order valence-corrected chi connectivity index (χ0v) is 13.2. The molecule has 1 unspecified atom stereocenters. The Morgan fingerprint density at radius 1 is 1.35 bits per heavy atom. The first-order valence-corrected chi connectivity index (χ1v) is 8.05. The van der Waals surface area contributed by atoms with Gasteiger partial charge in [0.1, 0.15) is 11.4 Å². The SMILES string of the molecule is Cc1nonc1CN1CCC(n2cc(N3CCCC3=O)cn2)C1. The van der Waals surface area contributed by atoms with Crippen LogP contribution in [0.15, 0.2) is 17.0 Å². The summed E-state index contributed by atoms with van der Waals surface area (Å²) in [5, 5.41) is 12.2. The van der Waals surface area contributed by atoms with Gasteiger partial charge in [-0.05, 0) is 19.8 Å². The van der Waals surface area contributed by atoms with Crippen molar-refractivity contribution in [2.75, 3.05) is 24.5 Å². The molecule has 0 aliphatic carbocycles. The fraction of sp³-hybridized carbons (Fsp3) is 0.600. The predicted molar refractivity (Wildman–Crippen MR) is 81.8 cm³/mol. The largest absolute Gasteiger partial charge is 0.309 e. The quantitative estimate of drug-likeness (QED) is 0.842. The summed E-state index contributed by atoms with van der Waals surface area (Å²) in [6.07, 6.45) is 6.43. The number of aromatic nitrogens is 4. The molecule has 0 bridgehead atoms. The van der Waals surface area contributed by atoms with Crippen LogP contribution < -0.4 is 4.90 Å². The number of carbonyl (C=O) groups is 1. The van der Waals surface area contributed by atoms with E-state index in [0.717, 1.165) is 56.1 Å². The van der Waals surface area contributed by atoms with Crippen LogP contribution in [-0.2, 0) is 11.3 Å². The zero-order valence-electron chi connectivity index (χ0n) is 13.2. The highest BCUT2D eigenvalue weighted by Crippen LogP contribution is 2.26. The van der Waals surface area contributed by atoms with E-state index in [2.05, 4.69) is 20.3 Å². The number of rotatable bonds is 4. The number of aryl methyl sites for hydroxylation is 1. The van der Waals surface area contributed by atoms with Crippen molar-refractivity contribution >= 4 is 11.6 Å². The van der Waals surface area contributed by atoms with Crippen molar-refractivity contribution in [3.8, 4) is 0 Å². The first kappa shape index (κ1) is 14.4. The van der Waals surface area contributed by atoms with Gasteiger partial charge in [-0.25, -0.2) is 4.63 Å². The minimum Gasteiger partial charge on any atom is -0.309 e. The first-order chi connectivity index (χ1) is 11.2. The lowest BCUT2D eigenvalue weighted by atomic mass is 10.3. The molecule has 1 amide bonds. The Morgan fingerprint density at radius 3 is 3.00 bits per heavy atom. The molecule has 0 spiro atoms. The second kappa shape index (κ2) is 5.77. The van der Waals surface area contributed by atoms with E-state index in [1.54, 1.807) is 6.20 Å². The number of carbonyl (C=O) groups excluding carboxylic acids is 1. The molecule has 8 heteroatoms. The lowest BCUT2D eigenvalue weighted by Gasteiger charge is -2.15. The normalized spacial score (nSPS) is 22.4. The van der Waals surface area contributed by atoms with Gasteiger partial charge in [0.2, 0.25) is 5.91 Å². The number of anilines is 1. The average Bonchev–Trinajstić information content (AvgIpc) is 3.28. The first-order valence-electron chi connectivity index (χ1n) is 8.05. The van der Waals surface area contributed by atoms with Gasteiger partial charge in [0.05, 0.1) is 17.9 Å². The van der Waals surface area contributed by atoms with E-state index in [0.29, 0.717) is 12.5 Å². The maximum Gasteiger partial charge on any atom is 0.227 e. The molecule has 23 heavy (non-hydrogen) atoms. The highest BCUT2D eigenvalue weighted by molar-refractivity contribution is 5.95. The molecule has 122 valence electrons. The number of nitrogens with zero attached hydrogens (tertiary/aromatic N) is 6. The molecule has 4 heterocycles. The molecule has 0 aromatic carbocycles. The Morgan fingerprint density at radius 2 is 2.26 bits per heavy atom. The molecule has 0 saturated carbocycles. The highest BCUT2D eigenvalue weighted by Gasteiger charge is 2.28. The second-order valence-corrected chi connectivity index (χ2v) is 6.30. The van der Waals surface area contributed by atoms with Crippen molar-refractivity contribution in [3.63, 3.8) is 0 Å². The van der Waals surface area contributed by atoms with Gasteiger partial charge in [-0.2, -0.15) is 5.10 Å². The summed E-state index contributed by atoms with van der Waals surface area (Å²) in [7, 11) is 0. The molecule has 2 aliphatic rings. The van der Waals surface area contributed by atoms with Crippen molar-refractivity contribution in [3.05, 3.63) is 23.8 Å². The fourth-order valence-electron chi connectivity index (χ4n) is 3.36. The second-order valence-electron chi connectivity index (χ2n) is 6.30. The molecular formula is C15H20N6O2. The number of amides is 1. The van der Waals surface area contributed by atoms with E-state index in [4.69, 9.17) is 4.63 Å². The number of hydrogen-bond donors (Lipinski definition) is 0. The molecule has 2 aromatic heterocycles. The molecule has 1 atom stereocenters. The van der Waals surface area contributed by atoms with Crippen molar-refractivity contribution < 1.29 is 9.42 Å². The van der Waals surface area contributed by atoms with Gasteiger partial charge in [-0.15, -0.1) is 0 Å². The molecular weight excluding hydrogens is 296 g/mol. The fourth-order valence-corrected chi connectivity index (χ4v) is 3.36. The third kappa shape index (κ3) is 2.74. The summed E-state index contributed by atoms with van der Waals surface area (Å²) in [6.45, 7) is 5.38. The van der Waals surface area contributed by atoms with Crippen LogP contribution in [0, 0.1) is 6.92 Å². The lowest BCUT2D eigenvalue weighted by Crippen LogP contribution is -2.23. The van der Waals surface area contributed by atoms with Crippen molar-refractivity contribution in [1.29, 1.82) is 0 Å². The Hall–Kier alpha value is -2.22. The Labute approximate surface area is 134 Å². The summed E-state index contributed by atoms with van der Waals surface area (Å²) >= 11 is 0. The van der Waals surface area contributed by atoms with Crippen LogP contribution in [-0.4, -0.2) is 50.5 Å². The lowest BCUT2D eigenvalue weighted by molar-refractivity contribution is -0.117. The summed E-state index contributed by atoms with van der Waals surface area (Å²) in [6, 6.07) is 0.335. The van der Waals surface area contributed by atoms with E-state index in [1.165, 1.54) is 0 Å². The summed E-state index contributed by atoms with van der Waals surface area (Å²) in [5.41, 5.74) is 2.67. The third-order valence-corrected chi connectivity index (χ3v) is 4.71. The molecule has 2 fully saturated rings. The van der Waals surface area contributed by atoms with Crippen LogP contribution in [0.25, 0.3) is 0 Å². The molecule has 2 aromatic rings. The van der Waals surface area contributed by atoms with Crippen LogP contribution in [0.4, 0.5) is 5.69 Å². The summed E-state index contributed by atoms with van der Waals surface area (Å²) in [4.78, 5) is 16.0. The predicted octanol–water partition coefficient (Wildman–Crippen LogP) is 1.15. The Kier molecular flexibility index (Phi) is 3.60. The van der Waals surface area contributed by atoms with Gasteiger partial charge in [-0.3, -0.25) is 14.4 Å². The molecule has 2 saturated heterocycles. The standard InChI is InChI=1S/C15H20N6O2/c1-11-14(18-23-17-11)10-19-6-4-12(8-19)21-9-13(7-16-21)20-5-2-3-15(20)22/h7,9,12H,2-6,8,10H2,1H3. The maximum atomic E-state index is 11.8. The highest BCUT2D eigenvalue weighted by atomic mass is 16.6. The smallest absolute Gasteiger partial charge is 0.227 e.